The Hall–Kier alpha value is -4.01. The van der Waals surface area contributed by atoms with Crippen LogP contribution in [-0.4, -0.2) is 46.7 Å². The van der Waals surface area contributed by atoms with Crippen molar-refractivity contribution in [1.29, 1.82) is 0 Å². The Balaban J connectivity index is 1.57. The highest BCUT2D eigenvalue weighted by Crippen LogP contribution is 2.31. The summed E-state index contributed by atoms with van der Waals surface area (Å²) in [4.78, 5) is 34.6. The Morgan fingerprint density at radius 3 is 2.68 bits per heavy atom. The quantitative estimate of drug-likeness (QED) is 0.466. The maximum Gasteiger partial charge on any atom is 0.254 e. The van der Waals surface area contributed by atoms with Crippen LogP contribution in [0.25, 0.3) is 11.1 Å². The molecule has 1 N–H and O–H groups in total. The van der Waals surface area contributed by atoms with Gasteiger partial charge in [0, 0.05) is 12.0 Å². The van der Waals surface area contributed by atoms with Crippen LogP contribution in [0.4, 0.5) is 0 Å². The van der Waals surface area contributed by atoms with Gasteiger partial charge < -0.3 is 19.6 Å². The van der Waals surface area contributed by atoms with E-state index in [1.165, 1.54) is 7.11 Å². The van der Waals surface area contributed by atoms with Gasteiger partial charge in [-0.15, -0.1) is 0 Å². The second kappa shape index (κ2) is 9.21. The Labute approximate surface area is 178 Å². The van der Waals surface area contributed by atoms with Crippen LogP contribution in [0, 0.1) is 0 Å². The molecule has 1 saturated heterocycles. The second-order valence-electron chi connectivity index (χ2n) is 6.98. The smallest absolute Gasteiger partial charge is 0.254 e. The van der Waals surface area contributed by atoms with Crippen LogP contribution in [-0.2, 0) is 16.2 Å². The number of nitrogens with one attached hydrogen (secondary N) is 1. The third kappa shape index (κ3) is 4.45. The summed E-state index contributed by atoms with van der Waals surface area (Å²) < 4.78 is 5.18. The number of aromatic nitrogens is 2. The van der Waals surface area contributed by atoms with Gasteiger partial charge in [0.2, 0.25) is 12.3 Å². The van der Waals surface area contributed by atoms with Crippen LogP contribution in [0.3, 0.4) is 0 Å². The molecule has 9 heteroatoms. The Morgan fingerprint density at radius 2 is 1.97 bits per heavy atom. The zero-order chi connectivity index (χ0) is 21.6. The number of nitrogens with zero attached hydrogens (tertiary/aromatic N) is 4. The summed E-state index contributed by atoms with van der Waals surface area (Å²) in [5.41, 5.74) is 3.37. The van der Waals surface area contributed by atoms with Crippen LogP contribution in [0.1, 0.15) is 34.5 Å². The summed E-state index contributed by atoms with van der Waals surface area (Å²) in [6.45, 7) is 0.422. The lowest BCUT2D eigenvalue weighted by molar-refractivity contribution is -0.109. The first kappa shape index (κ1) is 20.3. The van der Waals surface area contributed by atoms with Gasteiger partial charge in [-0.25, -0.2) is 0 Å². The van der Waals surface area contributed by atoms with Gasteiger partial charge >= 0.3 is 0 Å². The van der Waals surface area contributed by atoms with Crippen LogP contribution < -0.4 is 5.32 Å². The SMILES string of the molecule is CON=C1C[C@@H](c2noc(CNC=O)n2)N(C(=O)c2ccc(-c3ccccc3)cc2)C1. The Bertz CT molecular complexity index is 1080. The van der Waals surface area contributed by atoms with Crippen molar-refractivity contribution in [2.45, 2.75) is 19.0 Å². The van der Waals surface area contributed by atoms with E-state index in [4.69, 9.17) is 9.36 Å². The molecule has 1 aliphatic rings. The van der Waals surface area contributed by atoms with E-state index in [0.717, 1.165) is 11.1 Å². The predicted molar refractivity (Wildman–Crippen MR) is 112 cm³/mol. The van der Waals surface area contributed by atoms with E-state index in [2.05, 4.69) is 20.6 Å². The minimum atomic E-state index is -0.441. The molecule has 2 amide bonds. The first-order valence-corrected chi connectivity index (χ1v) is 9.74. The van der Waals surface area contributed by atoms with Crippen LogP contribution in [0.5, 0.6) is 0 Å². The minimum Gasteiger partial charge on any atom is -0.399 e. The molecule has 0 aliphatic carbocycles. The summed E-state index contributed by atoms with van der Waals surface area (Å²) in [5.74, 6) is 0.459. The molecule has 2 heterocycles. The fourth-order valence-corrected chi connectivity index (χ4v) is 3.55. The summed E-state index contributed by atoms with van der Waals surface area (Å²) in [6.07, 6.45) is 0.986. The number of rotatable bonds is 7. The normalized spacial score (nSPS) is 17.0. The van der Waals surface area contributed by atoms with E-state index in [9.17, 15) is 9.59 Å². The van der Waals surface area contributed by atoms with Gasteiger partial charge in [0.25, 0.3) is 5.91 Å². The number of amides is 2. The topological polar surface area (TPSA) is 110 Å². The molecule has 31 heavy (non-hydrogen) atoms. The van der Waals surface area contributed by atoms with Gasteiger partial charge in [-0.2, -0.15) is 4.98 Å². The van der Waals surface area contributed by atoms with E-state index in [-0.39, 0.29) is 18.3 Å². The number of hydrogen-bond donors (Lipinski definition) is 1. The summed E-state index contributed by atoms with van der Waals surface area (Å²) in [6, 6.07) is 17.0. The molecule has 0 bridgehead atoms. The Kier molecular flexibility index (Phi) is 6.02. The molecule has 9 nitrogen and oxygen atoms in total. The zero-order valence-electron chi connectivity index (χ0n) is 16.9. The number of likely N-dealkylation sites (tertiary alicyclic amines) is 1. The fourth-order valence-electron chi connectivity index (χ4n) is 3.55. The molecule has 4 rings (SSSR count). The van der Waals surface area contributed by atoms with Crippen molar-refractivity contribution < 1.29 is 18.9 Å². The number of carbonyl (C=O) groups excluding carboxylic acids is 2. The van der Waals surface area contributed by atoms with Crippen molar-refractivity contribution in [3.8, 4) is 11.1 Å². The highest BCUT2D eigenvalue weighted by atomic mass is 16.6. The molecule has 1 fully saturated rings. The minimum absolute atomic E-state index is 0.122. The summed E-state index contributed by atoms with van der Waals surface area (Å²) in [5, 5.41) is 10.5. The lowest BCUT2D eigenvalue weighted by Crippen LogP contribution is -2.31. The van der Waals surface area contributed by atoms with E-state index in [1.807, 2.05) is 54.6 Å². The lowest BCUT2D eigenvalue weighted by Gasteiger charge is -2.21. The number of benzene rings is 2. The van der Waals surface area contributed by atoms with Crippen LogP contribution in [0.2, 0.25) is 0 Å². The van der Waals surface area contributed by atoms with Crippen molar-refractivity contribution in [3.63, 3.8) is 0 Å². The third-order valence-corrected chi connectivity index (χ3v) is 5.00. The molecular weight excluding hydrogens is 398 g/mol. The van der Waals surface area contributed by atoms with E-state index in [1.54, 1.807) is 4.90 Å². The average Bonchev–Trinajstić information content (AvgIpc) is 3.45. The van der Waals surface area contributed by atoms with Gasteiger partial charge in [-0.1, -0.05) is 52.8 Å². The molecule has 1 aliphatic heterocycles. The van der Waals surface area contributed by atoms with Crippen molar-refractivity contribution in [1.82, 2.24) is 20.4 Å². The molecule has 2 aromatic carbocycles. The standard InChI is InChI=1S/C22H21N5O4/c1-30-25-18-11-19(21-24-20(31-26-21)12-23-14-28)27(13-18)22(29)17-9-7-16(8-10-17)15-5-3-2-4-6-15/h2-10,14,19H,11-13H2,1H3,(H,23,28)/t19-/m0/s1. The molecule has 0 unspecified atom stereocenters. The van der Waals surface area contributed by atoms with Gasteiger partial charge in [-0.05, 0) is 23.3 Å². The van der Waals surface area contributed by atoms with E-state index >= 15 is 0 Å². The van der Waals surface area contributed by atoms with Gasteiger partial charge in [-0.3, -0.25) is 9.59 Å². The predicted octanol–water partition coefficient (Wildman–Crippen LogP) is 2.57. The van der Waals surface area contributed by atoms with Crippen molar-refractivity contribution in [3.05, 3.63) is 71.9 Å². The van der Waals surface area contributed by atoms with Crippen LogP contribution >= 0.6 is 0 Å². The van der Waals surface area contributed by atoms with Gasteiger partial charge in [0.05, 0.1) is 18.8 Å². The highest BCUT2D eigenvalue weighted by molar-refractivity contribution is 6.00. The molecular formula is C22H21N5O4. The molecule has 1 aromatic heterocycles. The maximum absolute atomic E-state index is 13.3. The summed E-state index contributed by atoms with van der Waals surface area (Å²) >= 11 is 0. The van der Waals surface area contributed by atoms with Gasteiger partial charge in [0.1, 0.15) is 13.2 Å². The van der Waals surface area contributed by atoms with E-state index < -0.39 is 6.04 Å². The zero-order valence-corrected chi connectivity index (χ0v) is 16.9. The van der Waals surface area contributed by atoms with Crippen molar-refractivity contribution in [2.24, 2.45) is 5.16 Å². The van der Waals surface area contributed by atoms with Crippen molar-refractivity contribution in [2.75, 3.05) is 13.7 Å². The first-order chi connectivity index (χ1) is 15.2. The number of hydrogen-bond acceptors (Lipinski definition) is 7. The van der Waals surface area contributed by atoms with Crippen LogP contribution in [0.15, 0.2) is 64.3 Å². The maximum atomic E-state index is 13.3. The molecule has 1 atom stereocenters. The summed E-state index contributed by atoms with van der Waals surface area (Å²) in [7, 11) is 1.46. The largest absolute Gasteiger partial charge is 0.399 e. The van der Waals surface area contributed by atoms with E-state index in [0.29, 0.717) is 36.5 Å². The van der Waals surface area contributed by atoms with Crippen molar-refractivity contribution >= 4 is 18.0 Å². The monoisotopic (exact) mass is 419 g/mol. The number of carbonyl (C=O) groups is 2. The third-order valence-electron chi connectivity index (χ3n) is 5.00. The first-order valence-electron chi connectivity index (χ1n) is 9.74. The lowest BCUT2D eigenvalue weighted by atomic mass is 10.0. The molecule has 158 valence electrons. The number of oxime groups is 1. The molecule has 0 saturated carbocycles. The fraction of sp³-hybridized carbons (Fsp3) is 0.227. The average molecular weight is 419 g/mol. The molecule has 0 spiro atoms. The highest BCUT2D eigenvalue weighted by Gasteiger charge is 2.37. The molecule has 3 aromatic rings. The molecule has 0 radical (unpaired) electrons. The second-order valence-corrected chi connectivity index (χ2v) is 6.98. The Morgan fingerprint density at radius 1 is 1.23 bits per heavy atom. The van der Waals surface area contributed by atoms with Gasteiger partial charge in [0.15, 0.2) is 5.82 Å².